The van der Waals surface area contributed by atoms with Crippen molar-refractivity contribution in [1.29, 1.82) is 0 Å². The number of benzodiazepines with no additional fused rings is 1. The number of nitrogens with zero attached hydrogens (tertiary/aromatic N) is 2. The molecule has 2 aromatic carbocycles. The van der Waals surface area contributed by atoms with Crippen LogP contribution in [0.4, 0.5) is 10.1 Å². The summed E-state index contributed by atoms with van der Waals surface area (Å²) < 4.78 is 13.7. The van der Waals surface area contributed by atoms with Crippen molar-refractivity contribution in [2.45, 2.75) is 0 Å². The minimum Gasteiger partial charge on any atom is -0.372 e. The molecular weight excluding hydrogens is 263 g/mol. The molecule has 0 spiro atoms. The molecule has 2 nitrogen and oxygen atoms in total. The maximum atomic E-state index is 13.7. The van der Waals surface area contributed by atoms with Crippen LogP contribution in [0.2, 0.25) is 0 Å². The third-order valence-electron chi connectivity index (χ3n) is 3.63. The van der Waals surface area contributed by atoms with Gasteiger partial charge in [-0.2, -0.15) is 0 Å². The van der Waals surface area contributed by atoms with E-state index in [1.54, 1.807) is 18.2 Å². The number of para-hydroxylation sites is 1. The Kier molecular flexibility index (Phi) is 3.82. The normalized spacial score (nSPS) is 14.8. The Labute approximate surface area is 124 Å². The standard InChI is InChI=1S/C18H17FN2/c1-21-13-12-20-17(15-7-3-5-9-18(15)21)11-10-14-6-2-4-8-16(14)19/h2-11H,12-13H2,1H3. The number of rotatable bonds is 2. The van der Waals surface area contributed by atoms with Gasteiger partial charge in [0, 0.05) is 30.4 Å². The average Bonchev–Trinajstić information content (AvgIpc) is 2.67. The zero-order valence-corrected chi connectivity index (χ0v) is 12.0. The van der Waals surface area contributed by atoms with E-state index in [0.717, 1.165) is 30.1 Å². The fourth-order valence-corrected chi connectivity index (χ4v) is 2.47. The lowest BCUT2D eigenvalue weighted by Gasteiger charge is -2.18. The molecule has 106 valence electrons. The van der Waals surface area contributed by atoms with Crippen LogP contribution < -0.4 is 4.90 Å². The number of hydrogen-bond acceptors (Lipinski definition) is 2. The molecule has 0 bridgehead atoms. The van der Waals surface area contributed by atoms with Crippen LogP contribution in [0, 0.1) is 5.82 Å². The van der Waals surface area contributed by atoms with Gasteiger partial charge in [-0.15, -0.1) is 0 Å². The molecule has 0 aromatic heterocycles. The van der Waals surface area contributed by atoms with Crippen LogP contribution in [0.3, 0.4) is 0 Å². The molecular formula is C18H17FN2. The molecule has 2 aromatic rings. The largest absolute Gasteiger partial charge is 0.372 e. The van der Waals surface area contributed by atoms with Crippen LogP contribution in [0.25, 0.3) is 6.08 Å². The van der Waals surface area contributed by atoms with Crippen molar-refractivity contribution >= 4 is 17.5 Å². The number of hydrogen-bond donors (Lipinski definition) is 0. The minimum atomic E-state index is -0.214. The molecule has 0 fully saturated rings. The number of likely N-dealkylation sites (N-methyl/N-ethyl adjacent to an activating group) is 1. The summed E-state index contributed by atoms with van der Waals surface area (Å²) >= 11 is 0. The van der Waals surface area contributed by atoms with Crippen molar-refractivity contribution in [3.63, 3.8) is 0 Å². The molecule has 1 aliphatic rings. The summed E-state index contributed by atoms with van der Waals surface area (Å²) in [6, 6.07) is 14.9. The molecule has 0 amide bonds. The Balaban J connectivity index is 1.97. The van der Waals surface area contributed by atoms with Gasteiger partial charge in [0.15, 0.2) is 0 Å². The number of aliphatic imine (C=N–C) groups is 1. The van der Waals surface area contributed by atoms with Crippen LogP contribution >= 0.6 is 0 Å². The molecule has 0 atom stereocenters. The number of fused-ring (bicyclic) bond motifs is 1. The molecule has 21 heavy (non-hydrogen) atoms. The third-order valence-corrected chi connectivity index (χ3v) is 3.63. The predicted octanol–water partition coefficient (Wildman–Crippen LogP) is 3.78. The summed E-state index contributed by atoms with van der Waals surface area (Å²) in [5.41, 5.74) is 3.73. The summed E-state index contributed by atoms with van der Waals surface area (Å²) in [5.74, 6) is -0.214. The van der Waals surface area contributed by atoms with Gasteiger partial charge in [-0.25, -0.2) is 4.39 Å². The Bertz CT molecular complexity index is 704. The second-order valence-corrected chi connectivity index (χ2v) is 5.06. The lowest BCUT2D eigenvalue weighted by Crippen LogP contribution is -2.20. The van der Waals surface area contributed by atoms with E-state index in [2.05, 4.69) is 29.1 Å². The maximum Gasteiger partial charge on any atom is 0.130 e. The summed E-state index contributed by atoms with van der Waals surface area (Å²) in [4.78, 5) is 6.82. The minimum absolute atomic E-state index is 0.214. The van der Waals surface area contributed by atoms with E-state index in [4.69, 9.17) is 0 Å². The van der Waals surface area contributed by atoms with E-state index in [1.165, 1.54) is 6.07 Å². The van der Waals surface area contributed by atoms with E-state index in [9.17, 15) is 4.39 Å². The van der Waals surface area contributed by atoms with E-state index in [1.807, 2.05) is 24.3 Å². The third kappa shape index (κ3) is 2.87. The molecule has 0 N–H and O–H groups in total. The summed E-state index contributed by atoms with van der Waals surface area (Å²) in [6.07, 6.45) is 3.69. The van der Waals surface area contributed by atoms with Crippen LogP contribution in [0.15, 0.2) is 59.6 Å². The fourth-order valence-electron chi connectivity index (χ4n) is 2.47. The second kappa shape index (κ2) is 5.92. The van der Waals surface area contributed by atoms with Crippen molar-refractivity contribution < 1.29 is 4.39 Å². The highest BCUT2D eigenvalue weighted by atomic mass is 19.1. The van der Waals surface area contributed by atoms with Crippen molar-refractivity contribution in [2.75, 3.05) is 25.0 Å². The molecule has 3 heteroatoms. The first-order valence-corrected chi connectivity index (χ1v) is 7.03. The van der Waals surface area contributed by atoms with Gasteiger partial charge in [-0.1, -0.05) is 36.4 Å². The Morgan fingerprint density at radius 1 is 1.05 bits per heavy atom. The zero-order valence-electron chi connectivity index (χ0n) is 12.0. The SMILES string of the molecule is CN1CCN=C(C=Cc2ccccc2F)c2ccccc21. The van der Waals surface area contributed by atoms with E-state index in [0.29, 0.717) is 5.56 Å². The van der Waals surface area contributed by atoms with Crippen molar-refractivity contribution in [3.8, 4) is 0 Å². The predicted molar refractivity (Wildman–Crippen MR) is 86.6 cm³/mol. The van der Waals surface area contributed by atoms with E-state index in [-0.39, 0.29) is 5.82 Å². The number of benzene rings is 2. The van der Waals surface area contributed by atoms with Crippen molar-refractivity contribution in [3.05, 3.63) is 71.6 Å². The Morgan fingerprint density at radius 2 is 1.81 bits per heavy atom. The quantitative estimate of drug-likeness (QED) is 0.817. The molecule has 0 aliphatic carbocycles. The summed E-state index contributed by atoms with van der Waals surface area (Å²) in [6.45, 7) is 1.62. The molecule has 0 saturated carbocycles. The maximum absolute atomic E-state index is 13.7. The van der Waals surface area contributed by atoms with Crippen LogP contribution in [0.5, 0.6) is 0 Å². The zero-order chi connectivity index (χ0) is 14.7. The molecule has 3 rings (SSSR count). The van der Waals surface area contributed by atoms with E-state index >= 15 is 0 Å². The van der Waals surface area contributed by atoms with Crippen LogP contribution in [-0.2, 0) is 0 Å². The molecule has 0 radical (unpaired) electrons. The van der Waals surface area contributed by atoms with Gasteiger partial charge >= 0.3 is 0 Å². The van der Waals surface area contributed by atoms with Gasteiger partial charge in [-0.05, 0) is 24.3 Å². The monoisotopic (exact) mass is 280 g/mol. The van der Waals surface area contributed by atoms with Gasteiger partial charge in [-0.3, -0.25) is 4.99 Å². The number of allylic oxidation sites excluding steroid dienone is 1. The lowest BCUT2D eigenvalue weighted by atomic mass is 10.1. The smallest absolute Gasteiger partial charge is 0.130 e. The highest BCUT2D eigenvalue weighted by Crippen LogP contribution is 2.23. The first kappa shape index (κ1) is 13.6. The number of halogens is 1. The summed E-state index contributed by atoms with van der Waals surface area (Å²) in [7, 11) is 2.07. The second-order valence-electron chi connectivity index (χ2n) is 5.06. The van der Waals surface area contributed by atoms with Gasteiger partial charge in [0.25, 0.3) is 0 Å². The highest BCUT2D eigenvalue weighted by molar-refractivity contribution is 6.14. The Hall–Kier alpha value is -2.42. The van der Waals surface area contributed by atoms with Crippen molar-refractivity contribution in [1.82, 2.24) is 0 Å². The van der Waals surface area contributed by atoms with Gasteiger partial charge < -0.3 is 4.90 Å². The Morgan fingerprint density at radius 3 is 2.67 bits per heavy atom. The fraction of sp³-hybridized carbons (Fsp3) is 0.167. The molecule has 1 heterocycles. The van der Waals surface area contributed by atoms with Gasteiger partial charge in [0.2, 0.25) is 0 Å². The molecule has 0 saturated heterocycles. The molecule has 1 aliphatic heterocycles. The van der Waals surface area contributed by atoms with Crippen LogP contribution in [0.1, 0.15) is 11.1 Å². The molecule has 0 unspecified atom stereocenters. The lowest BCUT2D eigenvalue weighted by molar-refractivity contribution is 0.625. The first-order chi connectivity index (χ1) is 10.3. The average molecular weight is 280 g/mol. The topological polar surface area (TPSA) is 15.6 Å². The first-order valence-electron chi connectivity index (χ1n) is 7.03. The van der Waals surface area contributed by atoms with Gasteiger partial charge in [0.05, 0.1) is 12.3 Å². The highest BCUT2D eigenvalue weighted by Gasteiger charge is 2.13. The van der Waals surface area contributed by atoms with Crippen LogP contribution in [-0.4, -0.2) is 25.8 Å². The number of anilines is 1. The van der Waals surface area contributed by atoms with E-state index < -0.39 is 0 Å². The summed E-state index contributed by atoms with van der Waals surface area (Å²) in [5, 5.41) is 0. The van der Waals surface area contributed by atoms with Crippen molar-refractivity contribution in [2.24, 2.45) is 4.99 Å². The van der Waals surface area contributed by atoms with Gasteiger partial charge in [0.1, 0.15) is 5.82 Å².